The highest BCUT2D eigenvalue weighted by Crippen LogP contribution is 2.18. The van der Waals surface area contributed by atoms with Crippen molar-refractivity contribution in [1.29, 1.82) is 0 Å². The predicted octanol–water partition coefficient (Wildman–Crippen LogP) is 3.88. The third-order valence-electron chi connectivity index (χ3n) is 4.36. The van der Waals surface area contributed by atoms with Gasteiger partial charge in [-0.1, -0.05) is 36.4 Å². The number of aryl methyl sites for hydroxylation is 1. The fourth-order valence-electron chi connectivity index (χ4n) is 2.77. The van der Waals surface area contributed by atoms with Crippen LogP contribution in [0.5, 0.6) is 5.75 Å². The van der Waals surface area contributed by atoms with Gasteiger partial charge in [-0.2, -0.15) is 0 Å². The van der Waals surface area contributed by atoms with Gasteiger partial charge in [-0.25, -0.2) is 0 Å². The van der Waals surface area contributed by atoms with Crippen LogP contribution in [-0.2, 0) is 22.6 Å². The summed E-state index contributed by atoms with van der Waals surface area (Å²) in [6, 6.07) is 15.5. The minimum Gasteiger partial charge on any atom is -0.489 e. The van der Waals surface area contributed by atoms with E-state index in [1.54, 1.807) is 0 Å². The Morgan fingerprint density at radius 2 is 1.85 bits per heavy atom. The fraction of sp³-hybridized carbons (Fsp3) is 0.364. The highest BCUT2D eigenvalue weighted by Gasteiger charge is 2.21. The topological polar surface area (TPSA) is 75.6 Å². The van der Waals surface area contributed by atoms with Gasteiger partial charge >= 0.3 is 5.97 Å². The maximum absolute atomic E-state index is 12.3. The van der Waals surface area contributed by atoms with Crippen LogP contribution >= 0.6 is 0 Å². The molecule has 0 atom stereocenters. The van der Waals surface area contributed by atoms with Crippen LogP contribution in [0.3, 0.4) is 0 Å². The zero-order chi connectivity index (χ0) is 19.9. The van der Waals surface area contributed by atoms with E-state index in [0.717, 1.165) is 11.1 Å². The van der Waals surface area contributed by atoms with Crippen LogP contribution in [0.4, 0.5) is 0 Å². The summed E-state index contributed by atoms with van der Waals surface area (Å²) in [5, 5.41) is 11.7. The van der Waals surface area contributed by atoms with Crippen molar-refractivity contribution in [1.82, 2.24) is 5.32 Å². The molecule has 0 bridgehead atoms. The van der Waals surface area contributed by atoms with Crippen molar-refractivity contribution < 1.29 is 19.4 Å². The number of hydrogen-bond acceptors (Lipinski definition) is 3. The second-order valence-corrected chi connectivity index (χ2v) is 7.37. The monoisotopic (exact) mass is 369 g/mol. The summed E-state index contributed by atoms with van der Waals surface area (Å²) < 4.78 is 5.86. The van der Waals surface area contributed by atoms with Crippen molar-refractivity contribution >= 4 is 11.9 Å². The van der Waals surface area contributed by atoms with Crippen molar-refractivity contribution in [2.75, 3.05) is 0 Å². The standard InChI is InChI=1S/C22H27NO4/c1-16-7-4-5-9-18(16)15-27-19-10-6-8-17(13-19)14-20(24)23-22(2,3)12-11-21(25)26/h4-10,13H,11-12,14-15H2,1-3H3,(H,23,24)(H,25,26). The Labute approximate surface area is 160 Å². The molecular weight excluding hydrogens is 342 g/mol. The van der Waals surface area contributed by atoms with Gasteiger partial charge in [-0.15, -0.1) is 0 Å². The van der Waals surface area contributed by atoms with Crippen molar-refractivity contribution in [3.8, 4) is 5.75 Å². The van der Waals surface area contributed by atoms with Gasteiger partial charge in [0, 0.05) is 12.0 Å². The van der Waals surface area contributed by atoms with Gasteiger partial charge in [-0.3, -0.25) is 9.59 Å². The Morgan fingerprint density at radius 1 is 1.11 bits per heavy atom. The molecule has 0 aliphatic carbocycles. The first-order chi connectivity index (χ1) is 12.7. The van der Waals surface area contributed by atoms with Crippen LogP contribution in [0.25, 0.3) is 0 Å². The lowest BCUT2D eigenvalue weighted by molar-refractivity contribution is -0.137. The van der Waals surface area contributed by atoms with E-state index in [0.29, 0.717) is 18.8 Å². The molecule has 0 unspecified atom stereocenters. The molecule has 5 heteroatoms. The molecule has 144 valence electrons. The van der Waals surface area contributed by atoms with Gasteiger partial charge < -0.3 is 15.2 Å². The molecular formula is C22H27NO4. The minimum atomic E-state index is -0.865. The van der Waals surface area contributed by atoms with E-state index < -0.39 is 11.5 Å². The molecule has 2 aromatic carbocycles. The van der Waals surface area contributed by atoms with Crippen LogP contribution in [0.2, 0.25) is 0 Å². The molecule has 5 nitrogen and oxygen atoms in total. The number of aliphatic carboxylic acids is 1. The number of ether oxygens (including phenoxy) is 1. The summed E-state index contributed by atoms with van der Waals surface area (Å²) in [6.07, 6.45) is 0.626. The van der Waals surface area contributed by atoms with E-state index in [1.807, 2.05) is 69.3 Å². The number of benzene rings is 2. The number of rotatable bonds is 9. The molecule has 0 saturated heterocycles. The molecule has 2 rings (SSSR count). The number of hydrogen-bond donors (Lipinski definition) is 2. The maximum Gasteiger partial charge on any atom is 0.303 e. The molecule has 1 amide bonds. The minimum absolute atomic E-state index is 0.0233. The van der Waals surface area contributed by atoms with Gasteiger partial charge in [0.15, 0.2) is 0 Å². The first-order valence-corrected chi connectivity index (χ1v) is 9.04. The van der Waals surface area contributed by atoms with Gasteiger partial charge in [0.1, 0.15) is 12.4 Å². The van der Waals surface area contributed by atoms with Crippen molar-refractivity contribution in [2.24, 2.45) is 0 Å². The quantitative estimate of drug-likeness (QED) is 0.703. The molecule has 0 aliphatic rings. The number of amides is 1. The van der Waals surface area contributed by atoms with Gasteiger partial charge in [0.05, 0.1) is 6.42 Å². The Kier molecular flexibility index (Phi) is 6.99. The summed E-state index contributed by atoms with van der Waals surface area (Å²) in [5.74, 6) is -0.286. The molecule has 0 heterocycles. The average Bonchev–Trinajstić information content (AvgIpc) is 2.59. The van der Waals surface area contributed by atoms with Gasteiger partial charge in [0.2, 0.25) is 5.91 Å². The molecule has 0 aliphatic heterocycles. The molecule has 0 aromatic heterocycles. The van der Waals surface area contributed by atoms with Crippen LogP contribution in [0.1, 0.15) is 43.4 Å². The lowest BCUT2D eigenvalue weighted by atomic mass is 9.98. The van der Waals surface area contributed by atoms with Crippen LogP contribution in [-0.4, -0.2) is 22.5 Å². The van der Waals surface area contributed by atoms with E-state index in [2.05, 4.69) is 5.32 Å². The molecule has 27 heavy (non-hydrogen) atoms. The highest BCUT2D eigenvalue weighted by atomic mass is 16.5. The zero-order valence-corrected chi connectivity index (χ0v) is 16.1. The number of carboxylic acids is 1. The lowest BCUT2D eigenvalue weighted by Gasteiger charge is -2.25. The van der Waals surface area contributed by atoms with Gasteiger partial charge in [0.25, 0.3) is 0 Å². The zero-order valence-electron chi connectivity index (χ0n) is 16.1. The molecule has 0 radical (unpaired) electrons. The van der Waals surface area contributed by atoms with Crippen LogP contribution in [0.15, 0.2) is 48.5 Å². The van der Waals surface area contributed by atoms with Crippen molar-refractivity contribution in [3.63, 3.8) is 0 Å². The highest BCUT2D eigenvalue weighted by molar-refractivity contribution is 5.79. The number of carbonyl (C=O) groups is 2. The third kappa shape index (κ3) is 7.13. The van der Waals surface area contributed by atoms with Crippen LogP contribution < -0.4 is 10.1 Å². The number of carbonyl (C=O) groups excluding carboxylic acids is 1. The van der Waals surface area contributed by atoms with Crippen molar-refractivity contribution in [3.05, 3.63) is 65.2 Å². The van der Waals surface area contributed by atoms with E-state index in [-0.39, 0.29) is 18.7 Å². The Morgan fingerprint density at radius 3 is 2.56 bits per heavy atom. The molecule has 2 N–H and O–H groups in total. The molecule has 2 aromatic rings. The molecule has 0 spiro atoms. The predicted molar refractivity (Wildman–Crippen MR) is 105 cm³/mol. The third-order valence-corrected chi connectivity index (χ3v) is 4.36. The summed E-state index contributed by atoms with van der Waals surface area (Å²) >= 11 is 0. The maximum atomic E-state index is 12.3. The smallest absolute Gasteiger partial charge is 0.303 e. The second kappa shape index (κ2) is 9.21. The van der Waals surface area contributed by atoms with E-state index in [1.165, 1.54) is 5.56 Å². The SMILES string of the molecule is Cc1ccccc1COc1cccc(CC(=O)NC(C)(C)CCC(=O)O)c1. The number of carboxylic acid groups (broad SMARTS) is 1. The van der Waals surface area contributed by atoms with Crippen molar-refractivity contribution in [2.45, 2.75) is 52.2 Å². The normalized spacial score (nSPS) is 11.1. The Hall–Kier alpha value is -2.82. The summed E-state index contributed by atoms with van der Waals surface area (Å²) in [6.45, 7) is 6.18. The Bertz CT molecular complexity index is 798. The number of nitrogens with one attached hydrogen (secondary N) is 1. The lowest BCUT2D eigenvalue weighted by Crippen LogP contribution is -2.44. The summed E-state index contributed by atoms with van der Waals surface area (Å²) in [5.41, 5.74) is 2.59. The summed E-state index contributed by atoms with van der Waals surface area (Å²) in [4.78, 5) is 23.0. The fourth-order valence-corrected chi connectivity index (χ4v) is 2.77. The summed E-state index contributed by atoms with van der Waals surface area (Å²) in [7, 11) is 0. The average molecular weight is 369 g/mol. The molecule has 0 fully saturated rings. The first-order valence-electron chi connectivity index (χ1n) is 9.04. The Balaban J connectivity index is 1.92. The molecule has 0 saturated carbocycles. The van der Waals surface area contributed by atoms with E-state index >= 15 is 0 Å². The second-order valence-electron chi connectivity index (χ2n) is 7.37. The largest absolute Gasteiger partial charge is 0.489 e. The van der Waals surface area contributed by atoms with E-state index in [9.17, 15) is 9.59 Å². The van der Waals surface area contributed by atoms with Gasteiger partial charge in [-0.05, 0) is 56.0 Å². The van der Waals surface area contributed by atoms with Crippen LogP contribution in [0, 0.1) is 6.92 Å². The van der Waals surface area contributed by atoms with E-state index in [4.69, 9.17) is 9.84 Å². The first kappa shape index (κ1) is 20.5.